The van der Waals surface area contributed by atoms with E-state index in [0.29, 0.717) is 0 Å². The molecule has 1 fully saturated rings. The first-order valence-electron chi connectivity index (χ1n) is 5.64. The Morgan fingerprint density at radius 2 is 2.12 bits per heavy atom. The topological polar surface area (TPSA) is 41.1 Å². The van der Waals surface area contributed by atoms with Gasteiger partial charge in [-0.1, -0.05) is 6.42 Å². The minimum absolute atomic E-state index is 0.719. The number of nitrogens with zero attached hydrogens (tertiary/aromatic N) is 3. The molecule has 4 nitrogen and oxygen atoms in total. The number of thiophene rings is 1. The highest BCUT2D eigenvalue weighted by Gasteiger charge is 2.11. The summed E-state index contributed by atoms with van der Waals surface area (Å²) < 4.78 is 0. The standard InChI is InChI=1S/C11H14N4S/c1-2-5-15(6-3-1)14-11-12-8-9-4-7-16-10(9)13-11/h4,7-8H,1-3,5-6H2,(H,12,13,14). The molecule has 1 saturated heterocycles. The van der Waals surface area contributed by atoms with E-state index >= 15 is 0 Å². The number of anilines is 1. The largest absolute Gasteiger partial charge is 0.287 e. The average molecular weight is 234 g/mol. The fraction of sp³-hybridized carbons (Fsp3) is 0.455. The van der Waals surface area contributed by atoms with Crippen molar-refractivity contribution in [3.8, 4) is 0 Å². The lowest BCUT2D eigenvalue weighted by molar-refractivity contribution is 0.271. The predicted molar refractivity (Wildman–Crippen MR) is 66.5 cm³/mol. The van der Waals surface area contributed by atoms with Gasteiger partial charge in [0.2, 0.25) is 5.95 Å². The quantitative estimate of drug-likeness (QED) is 0.867. The number of fused-ring (bicyclic) bond motifs is 1. The highest BCUT2D eigenvalue weighted by Crippen LogP contribution is 2.19. The molecule has 1 aliphatic rings. The number of rotatable bonds is 2. The molecule has 84 valence electrons. The van der Waals surface area contributed by atoms with Crippen LogP contribution < -0.4 is 5.43 Å². The lowest BCUT2D eigenvalue weighted by Gasteiger charge is -2.26. The summed E-state index contributed by atoms with van der Waals surface area (Å²) in [5.74, 6) is 0.719. The van der Waals surface area contributed by atoms with Crippen LogP contribution in [0.4, 0.5) is 5.95 Å². The molecule has 0 amide bonds. The monoisotopic (exact) mass is 234 g/mol. The molecule has 3 rings (SSSR count). The number of piperidine rings is 1. The van der Waals surface area contributed by atoms with E-state index in [2.05, 4.69) is 20.4 Å². The van der Waals surface area contributed by atoms with Gasteiger partial charge in [-0.3, -0.25) is 5.43 Å². The van der Waals surface area contributed by atoms with Gasteiger partial charge in [0.05, 0.1) is 0 Å². The maximum atomic E-state index is 4.48. The molecule has 0 unspecified atom stereocenters. The Kier molecular flexibility index (Phi) is 2.71. The second kappa shape index (κ2) is 4.35. The van der Waals surface area contributed by atoms with Crippen LogP contribution in [0.5, 0.6) is 0 Å². The summed E-state index contributed by atoms with van der Waals surface area (Å²) >= 11 is 1.65. The summed E-state index contributed by atoms with van der Waals surface area (Å²) in [7, 11) is 0. The van der Waals surface area contributed by atoms with E-state index in [-0.39, 0.29) is 0 Å². The summed E-state index contributed by atoms with van der Waals surface area (Å²) in [6, 6.07) is 2.05. The lowest BCUT2D eigenvalue weighted by Crippen LogP contribution is -2.35. The van der Waals surface area contributed by atoms with E-state index in [0.717, 1.165) is 29.3 Å². The molecular formula is C11H14N4S. The molecule has 0 bridgehead atoms. The lowest BCUT2D eigenvalue weighted by atomic mass is 10.2. The second-order valence-electron chi connectivity index (χ2n) is 4.03. The van der Waals surface area contributed by atoms with Gasteiger partial charge in [0.15, 0.2) is 0 Å². The number of nitrogens with one attached hydrogen (secondary N) is 1. The van der Waals surface area contributed by atoms with Crippen molar-refractivity contribution in [3.63, 3.8) is 0 Å². The average Bonchev–Trinajstić information content (AvgIpc) is 2.77. The molecule has 2 aromatic heterocycles. The maximum Gasteiger partial charge on any atom is 0.238 e. The minimum Gasteiger partial charge on any atom is -0.287 e. The van der Waals surface area contributed by atoms with Gasteiger partial charge >= 0.3 is 0 Å². The molecule has 0 saturated carbocycles. The van der Waals surface area contributed by atoms with Crippen molar-refractivity contribution in [2.45, 2.75) is 19.3 Å². The first kappa shape index (κ1) is 9.99. The van der Waals surface area contributed by atoms with Crippen LogP contribution in [-0.4, -0.2) is 28.1 Å². The van der Waals surface area contributed by atoms with E-state index < -0.39 is 0 Å². The Morgan fingerprint density at radius 1 is 1.25 bits per heavy atom. The molecule has 0 spiro atoms. The fourth-order valence-electron chi connectivity index (χ4n) is 1.96. The van der Waals surface area contributed by atoms with Crippen molar-refractivity contribution in [2.24, 2.45) is 0 Å². The highest BCUT2D eigenvalue weighted by molar-refractivity contribution is 7.16. The molecule has 0 aromatic carbocycles. The van der Waals surface area contributed by atoms with Crippen molar-refractivity contribution in [3.05, 3.63) is 17.6 Å². The van der Waals surface area contributed by atoms with Crippen LogP contribution in [0.2, 0.25) is 0 Å². The van der Waals surface area contributed by atoms with Gasteiger partial charge in [0.25, 0.3) is 0 Å². The van der Waals surface area contributed by atoms with Crippen molar-refractivity contribution < 1.29 is 0 Å². The molecule has 0 atom stereocenters. The van der Waals surface area contributed by atoms with Crippen LogP contribution >= 0.6 is 11.3 Å². The second-order valence-corrected chi connectivity index (χ2v) is 4.93. The van der Waals surface area contributed by atoms with E-state index in [9.17, 15) is 0 Å². The number of hydrogen-bond acceptors (Lipinski definition) is 5. The van der Waals surface area contributed by atoms with Gasteiger partial charge < -0.3 is 0 Å². The van der Waals surface area contributed by atoms with Crippen molar-refractivity contribution in [1.82, 2.24) is 15.0 Å². The highest BCUT2D eigenvalue weighted by atomic mass is 32.1. The molecule has 1 aliphatic heterocycles. The Hall–Kier alpha value is -1.20. The van der Waals surface area contributed by atoms with Crippen molar-refractivity contribution in [1.29, 1.82) is 0 Å². The Labute approximate surface area is 98.3 Å². The van der Waals surface area contributed by atoms with E-state index in [1.54, 1.807) is 11.3 Å². The van der Waals surface area contributed by atoms with Crippen LogP contribution in [0.3, 0.4) is 0 Å². The minimum atomic E-state index is 0.719. The zero-order chi connectivity index (χ0) is 10.8. The molecule has 0 radical (unpaired) electrons. The SMILES string of the molecule is c1cc2cnc(NN3CCCCC3)nc2s1. The first-order valence-corrected chi connectivity index (χ1v) is 6.52. The summed E-state index contributed by atoms with van der Waals surface area (Å²) in [5, 5.41) is 5.37. The third-order valence-electron chi connectivity index (χ3n) is 2.82. The normalized spacial score (nSPS) is 17.8. The summed E-state index contributed by atoms with van der Waals surface area (Å²) in [6.45, 7) is 2.18. The third kappa shape index (κ3) is 2.01. The summed E-state index contributed by atoms with van der Waals surface area (Å²) in [5.41, 5.74) is 3.28. The van der Waals surface area contributed by atoms with Crippen molar-refractivity contribution in [2.75, 3.05) is 18.5 Å². The first-order chi connectivity index (χ1) is 7.92. The zero-order valence-electron chi connectivity index (χ0n) is 9.02. The molecular weight excluding hydrogens is 220 g/mol. The van der Waals surface area contributed by atoms with Crippen LogP contribution in [0.25, 0.3) is 10.2 Å². The van der Waals surface area contributed by atoms with Crippen LogP contribution in [0, 0.1) is 0 Å². The van der Waals surface area contributed by atoms with Crippen molar-refractivity contribution >= 4 is 27.5 Å². The van der Waals surface area contributed by atoms with E-state index in [1.165, 1.54) is 19.3 Å². The van der Waals surface area contributed by atoms with Crippen LogP contribution in [0.15, 0.2) is 17.6 Å². The van der Waals surface area contributed by atoms with E-state index in [1.807, 2.05) is 17.6 Å². The zero-order valence-corrected chi connectivity index (χ0v) is 9.83. The summed E-state index contributed by atoms with van der Waals surface area (Å²) in [4.78, 5) is 9.85. The smallest absolute Gasteiger partial charge is 0.238 e. The van der Waals surface area contributed by atoms with Crippen LogP contribution in [0.1, 0.15) is 19.3 Å². The number of hydrazine groups is 1. The van der Waals surface area contributed by atoms with Gasteiger partial charge in [0, 0.05) is 24.7 Å². The van der Waals surface area contributed by atoms with Gasteiger partial charge in [-0.25, -0.2) is 15.0 Å². The molecule has 16 heavy (non-hydrogen) atoms. The molecule has 5 heteroatoms. The van der Waals surface area contributed by atoms with Gasteiger partial charge in [-0.15, -0.1) is 11.3 Å². The Bertz CT molecular complexity index is 476. The van der Waals surface area contributed by atoms with Gasteiger partial charge in [-0.05, 0) is 24.3 Å². The molecule has 0 aliphatic carbocycles. The number of aromatic nitrogens is 2. The fourth-order valence-corrected chi connectivity index (χ4v) is 2.70. The van der Waals surface area contributed by atoms with Crippen LogP contribution in [-0.2, 0) is 0 Å². The molecule has 1 N–H and O–H groups in total. The van der Waals surface area contributed by atoms with Gasteiger partial charge in [0.1, 0.15) is 4.83 Å². The van der Waals surface area contributed by atoms with E-state index in [4.69, 9.17) is 0 Å². The predicted octanol–water partition coefficient (Wildman–Crippen LogP) is 2.50. The molecule has 2 aromatic rings. The van der Waals surface area contributed by atoms with Gasteiger partial charge in [-0.2, -0.15) is 0 Å². The third-order valence-corrected chi connectivity index (χ3v) is 3.64. The Morgan fingerprint density at radius 3 is 3.00 bits per heavy atom. The maximum absolute atomic E-state index is 4.48. The molecule has 3 heterocycles. The Balaban J connectivity index is 1.77. The number of hydrogen-bond donors (Lipinski definition) is 1. The summed E-state index contributed by atoms with van der Waals surface area (Å²) in [6.07, 6.45) is 5.73.